The van der Waals surface area contributed by atoms with E-state index >= 15 is 0 Å². The zero-order valence-electron chi connectivity index (χ0n) is 16.6. The maximum absolute atomic E-state index is 11.7. The Kier molecular flexibility index (Phi) is 16.3. The Morgan fingerprint density at radius 3 is 1.78 bits per heavy atom. The second-order valence-electron chi connectivity index (χ2n) is 6.70. The van der Waals surface area contributed by atoms with Gasteiger partial charge in [0.2, 0.25) is 0 Å². The second-order valence-corrected chi connectivity index (χ2v) is 8.39. The molecule has 0 saturated carbocycles. The lowest BCUT2D eigenvalue weighted by molar-refractivity contribution is -0.147. The van der Waals surface area contributed by atoms with E-state index in [4.69, 9.17) is 5.11 Å². The van der Waals surface area contributed by atoms with Crippen molar-refractivity contribution in [2.45, 2.75) is 90.4 Å². The van der Waals surface area contributed by atoms with E-state index in [1.54, 1.807) is 0 Å². The molecule has 1 N–H and O–H groups in total. The van der Waals surface area contributed by atoms with Crippen molar-refractivity contribution in [2.75, 3.05) is 19.0 Å². The van der Waals surface area contributed by atoms with Gasteiger partial charge in [-0.15, -0.1) is 0 Å². The number of carbonyl (C=O) groups excluding carboxylic acids is 2. The third-order valence-electron chi connectivity index (χ3n) is 4.11. The van der Waals surface area contributed by atoms with Gasteiger partial charge in [-0.25, -0.2) is 0 Å². The summed E-state index contributed by atoms with van der Waals surface area (Å²) in [6.45, 7) is 1.76. The van der Waals surface area contributed by atoms with Gasteiger partial charge < -0.3 is 14.0 Å². The first-order valence-corrected chi connectivity index (χ1v) is 11.7. The molecule has 0 bridgehead atoms. The highest BCUT2D eigenvalue weighted by Gasteiger charge is 2.18. The maximum atomic E-state index is 11.7. The molecule has 0 heterocycles. The summed E-state index contributed by atoms with van der Waals surface area (Å²) in [5.41, 5.74) is 0. The number of ether oxygens (including phenoxy) is 1. The highest BCUT2D eigenvalue weighted by molar-refractivity contribution is 7.87. The molecule has 0 atom stereocenters. The summed E-state index contributed by atoms with van der Waals surface area (Å²) in [5, 5.41) is 8.50. The lowest BCUT2D eigenvalue weighted by atomic mass is 10.1. The molecule has 0 radical (unpaired) electrons. The molecular formula is C19H36O7S. The molecule has 0 unspecified atom stereocenters. The predicted octanol–water partition coefficient (Wildman–Crippen LogP) is 3.49. The van der Waals surface area contributed by atoms with Crippen molar-refractivity contribution in [1.29, 1.82) is 0 Å². The van der Waals surface area contributed by atoms with Crippen molar-refractivity contribution in [3.05, 3.63) is 0 Å². The van der Waals surface area contributed by atoms with Gasteiger partial charge in [0.25, 0.3) is 0 Å². The number of hydrogen-bond donors (Lipinski definition) is 1. The van der Waals surface area contributed by atoms with Crippen LogP contribution in [0.1, 0.15) is 90.4 Å². The van der Waals surface area contributed by atoms with E-state index in [0.717, 1.165) is 19.3 Å². The molecule has 0 aliphatic heterocycles. The molecule has 0 aromatic rings. The van der Waals surface area contributed by atoms with Crippen molar-refractivity contribution in [1.82, 2.24) is 0 Å². The molecule has 0 saturated heterocycles. The average molecular weight is 409 g/mol. The first kappa shape index (κ1) is 25.9. The highest BCUT2D eigenvalue weighted by Crippen LogP contribution is 2.12. The second kappa shape index (κ2) is 17.0. The van der Waals surface area contributed by atoms with Gasteiger partial charge >= 0.3 is 22.1 Å². The van der Waals surface area contributed by atoms with Gasteiger partial charge in [-0.2, -0.15) is 8.42 Å². The number of aliphatic hydroxyl groups excluding tert-OH is 1. The Bertz CT molecular complexity index is 488. The largest absolute Gasteiger partial charge is 0.463 e. The monoisotopic (exact) mass is 408 g/mol. The topological polar surface area (TPSA) is 107 Å². The van der Waals surface area contributed by atoms with Gasteiger partial charge in [0, 0.05) is 0 Å². The number of rotatable bonds is 18. The van der Waals surface area contributed by atoms with Gasteiger partial charge in [0.1, 0.15) is 6.61 Å². The summed E-state index contributed by atoms with van der Waals surface area (Å²) >= 11 is 0. The lowest BCUT2D eigenvalue weighted by Crippen LogP contribution is -2.18. The lowest BCUT2D eigenvalue weighted by Gasteiger charge is -2.06. The fourth-order valence-corrected chi connectivity index (χ4v) is 3.61. The Hall–Kier alpha value is -1.15. The minimum atomic E-state index is -3.90. The molecule has 0 amide bonds. The minimum Gasteiger partial charge on any atom is -0.463 e. The van der Waals surface area contributed by atoms with Crippen LogP contribution in [0.15, 0.2) is 0 Å². The van der Waals surface area contributed by atoms with E-state index in [0.29, 0.717) is 6.42 Å². The maximum Gasteiger partial charge on any atom is 0.322 e. The molecule has 0 aromatic carbocycles. The number of unbranched alkanes of at least 4 members (excludes halogenated alkanes) is 10. The van der Waals surface area contributed by atoms with E-state index in [9.17, 15) is 18.0 Å². The molecule has 0 spiro atoms. The number of carbonyl (C=O) groups is 2. The zero-order chi connectivity index (χ0) is 20.4. The van der Waals surface area contributed by atoms with Crippen molar-refractivity contribution < 1.29 is 32.0 Å². The molecule has 27 heavy (non-hydrogen) atoms. The van der Waals surface area contributed by atoms with Crippen molar-refractivity contribution in [3.8, 4) is 0 Å². The minimum absolute atomic E-state index is 0.148. The third-order valence-corrected chi connectivity index (χ3v) is 5.33. The van der Waals surface area contributed by atoms with Crippen molar-refractivity contribution in [3.63, 3.8) is 0 Å². The Labute approximate surface area is 163 Å². The molecule has 0 aliphatic rings. The Morgan fingerprint density at radius 1 is 0.778 bits per heavy atom. The predicted molar refractivity (Wildman–Crippen MR) is 104 cm³/mol. The van der Waals surface area contributed by atoms with Crippen molar-refractivity contribution in [2.24, 2.45) is 0 Å². The summed E-state index contributed by atoms with van der Waals surface area (Å²) < 4.78 is 32.5. The summed E-state index contributed by atoms with van der Waals surface area (Å²) in [5.74, 6) is -1.83. The molecule has 0 rings (SSSR count). The van der Waals surface area contributed by atoms with E-state index in [-0.39, 0.29) is 31.8 Å². The van der Waals surface area contributed by atoms with Crippen LogP contribution in [0.25, 0.3) is 0 Å². The number of esters is 1. The van der Waals surface area contributed by atoms with Gasteiger partial charge in [-0.05, 0) is 6.42 Å². The number of hydrogen-bond acceptors (Lipinski definition) is 7. The van der Waals surface area contributed by atoms with Crippen LogP contribution in [0.3, 0.4) is 0 Å². The summed E-state index contributed by atoms with van der Waals surface area (Å²) in [7, 11) is -3.90. The van der Waals surface area contributed by atoms with Crippen LogP contribution in [-0.2, 0) is 28.6 Å². The SMILES string of the molecule is CCCCCCCCCCCCCS(=O)(=O)OC(=O)CCC(=O)OCCO. The number of aliphatic hydroxyl groups is 1. The van der Waals surface area contributed by atoms with E-state index in [2.05, 4.69) is 15.8 Å². The standard InChI is InChI=1S/C19H36O7S/c1-2-3-4-5-6-7-8-9-10-11-12-17-27(23,24)26-19(22)14-13-18(21)25-16-15-20/h20H,2-17H2,1H3. The quantitative estimate of drug-likeness (QED) is 0.210. The summed E-state index contributed by atoms with van der Waals surface area (Å²) in [4.78, 5) is 22.6. The fourth-order valence-electron chi connectivity index (χ4n) is 2.60. The van der Waals surface area contributed by atoms with Gasteiger partial charge in [0.05, 0.1) is 25.2 Å². The van der Waals surface area contributed by atoms with Crippen molar-refractivity contribution >= 4 is 22.1 Å². The van der Waals surface area contributed by atoms with Gasteiger partial charge in [-0.3, -0.25) is 9.59 Å². The fraction of sp³-hybridized carbons (Fsp3) is 0.895. The van der Waals surface area contributed by atoms with Crippen LogP contribution in [0, 0.1) is 0 Å². The summed E-state index contributed by atoms with van der Waals surface area (Å²) in [6, 6.07) is 0. The summed E-state index contributed by atoms with van der Waals surface area (Å²) in [6.07, 6.45) is 11.6. The van der Waals surface area contributed by atoms with E-state index in [1.807, 2.05) is 0 Å². The van der Waals surface area contributed by atoms with Gasteiger partial charge in [0.15, 0.2) is 0 Å². The first-order chi connectivity index (χ1) is 12.9. The molecule has 0 aromatic heterocycles. The first-order valence-electron chi connectivity index (χ1n) is 10.1. The highest BCUT2D eigenvalue weighted by atomic mass is 32.2. The third kappa shape index (κ3) is 18.0. The molecule has 0 aliphatic carbocycles. The van der Waals surface area contributed by atoms with E-state index < -0.39 is 22.1 Å². The van der Waals surface area contributed by atoms with E-state index in [1.165, 1.54) is 44.9 Å². The Balaban J connectivity index is 3.65. The molecule has 7 nitrogen and oxygen atoms in total. The van der Waals surface area contributed by atoms with Crippen LogP contribution >= 0.6 is 0 Å². The Morgan fingerprint density at radius 2 is 1.26 bits per heavy atom. The molecule has 8 heteroatoms. The smallest absolute Gasteiger partial charge is 0.322 e. The van der Waals surface area contributed by atoms with Crippen LogP contribution in [0.5, 0.6) is 0 Å². The van der Waals surface area contributed by atoms with Gasteiger partial charge in [-0.1, -0.05) is 71.1 Å². The van der Waals surface area contributed by atoms with Crippen LogP contribution in [0.4, 0.5) is 0 Å². The average Bonchev–Trinajstić information content (AvgIpc) is 2.62. The van der Waals surface area contributed by atoms with Crippen LogP contribution < -0.4 is 0 Å². The molecule has 160 valence electrons. The zero-order valence-corrected chi connectivity index (χ0v) is 17.4. The van der Waals surface area contributed by atoms with Crippen LogP contribution in [0.2, 0.25) is 0 Å². The van der Waals surface area contributed by atoms with Crippen LogP contribution in [-0.4, -0.2) is 44.4 Å². The molecular weight excluding hydrogens is 372 g/mol. The normalized spacial score (nSPS) is 11.3. The molecule has 0 fully saturated rings.